The van der Waals surface area contributed by atoms with Crippen LogP contribution in [0, 0.1) is 0 Å². The Morgan fingerprint density at radius 1 is 1.18 bits per heavy atom. The predicted molar refractivity (Wildman–Crippen MR) is 112 cm³/mol. The minimum Gasteiger partial charge on any atom is -0.379 e. The normalized spacial score (nSPS) is 19.1. The standard InChI is InChI=1S/C22H30N4O2/c1-2-9-23-22(27)19-16-21(24-20-6-4-3-5-18(19)20)26-10-7-17(8-11-26)25-12-14-28-15-13-25/h3-6,16-17H,2,7-15H2,1H3,(H,23,27). The zero-order chi connectivity index (χ0) is 19.3. The summed E-state index contributed by atoms with van der Waals surface area (Å²) in [6.07, 6.45) is 3.19. The second-order valence-corrected chi connectivity index (χ2v) is 7.67. The zero-order valence-electron chi connectivity index (χ0n) is 16.7. The fourth-order valence-corrected chi connectivity index (χ4v) is 4.25. The quantitative estimate of drug-likeness (QED) is 0.862. The van der Waals surface area contributed by atoms with Crippen LogP contribution in [0.1, 0.15) is 36.5 Å². The number of carbonyl (C=O) groups excluding carboxylic acids is 1. The fourth-order valence-electron chi connectivity index (χ4n) is 4.25. The van der Waals surface area contributed by atoms with Crippen molar-refractivity contribution in [2.75, 3.05) is 50.8 Å². The summed E-state index contributed by atoms with van der Waals surface area (Å²) >= 11 is 0. The molecule has 0 spiro atoms. The molecule has 0 unspecified atom stereocenters. The Hall–Kier alpha value is -2.18. The minimum atomic E-state index is -0.00935. The van der Waals surface area contributed by atoms with Crippen molar-refractivity contribution in [3.63, 3.8) is 0 Å². The average molecular weight is 383 g/mol. The number of hydrogen-bond donors (Lipinski definition) is 1. The van der Waals surface area contributed by atoms with Crippen molar-refractivity contribution >= 4 is 22.6 Å². The molecule has 6 nitrogen and oxygen atoms in total. The third-order valence-corrected chi connectivity index (χ3v) is 5.83. The van der Waals surface area contributed by atoms with Gasteiger partial charge < -0.3 is 15.0 Å². The molecule has 0 saturated carbocycles. The van der Waals surface area contributed by atoms with Gasteiger partial charge in [0, 0.05) is 44.2 Å². The maximum Gasteiger partial charge on any atom is 0.252 e. The van der Waals surface area contributed by atoms with Crippen molar-refractivity contribution in [1.29, 1.82) is 0 Å². The van der Waals surface area contributed by atoms with E-state index in [2.05, 4.69) is 22.0 Å². The number of nitrogens with one attached hydrogen (secondary N) is 1. The number of morpholine rings is 1. The van der Waals surface area contributed by atoms with Crippen LogP contribution in [0.25, 0.3) is 10.9 Å². The lowest BCUT2D eigenvalue weighted by Gasteiger charge is -2.40. The number of pyridine rings is 1. The summed E-state index contributed by atoms with van der Waals surface area (Å²) in [6, 6.07) is 10.5. The molecular formula is C22H30N4O2. The molecule has 2 aromatic rings. The third-order valence-electron chi connectivity index (χ3n) is 5.83. The van der Waals surface area contributed by atoms with Gasteiger partial charge in [0.25, 0.3) is 5.91 Å². The Labute approximate surface area is 166 Å². The molecule has 0 aliphatic carbocycles. The lowest BCUT2D eigenvalue weighted by atomic mass is 10.0. The maximum absolute atomic E-state index is 12.7. The second kappa shape index (κ2) is 8.88. The van der Waals surface area contributed by atoms with Crippen LogP contribution in [-0.2, 0) is 4.74 Å². The lowest BCUT2D eigenvalue weighted by Crippen LogP contribution is -2.49. The van der Waals surface area contributed by atoms with Gasteiger partial charge in [-0.2, -0.15) is 0 Å². The first-order valence-electron chi connectivity index (χ1n) is 10.5. The number of para-hydroxylation sites is 1. The van der Waals surface area contributed by atoms with E-state index in [1.165, 1.54) is 0 Å². The van der Waals surface area contributed by atoms with Gasteiger partial charge in [-0.15, -0.1) is 0 Å². The van der Waals surface area contributed by atoms with E-state index >= 15 is 0 Å². The molecule has 2 aliphatic heterocycles. The number of fused-ring (bicyclic) bond motifs is 1. The molecule has 1 amide bonds. The highest BCUT2D eigenvalue weighted by molar-refractivity contribution is 6.07. The van der Waals surface area contributed by atoms with Crippen LogP contribution >= 0.6 is 0 Å². The first-order valence-corrected chi connectivity index (χ1v) is 10.5. The second-order valence-electron chi connectivity index (χ2n) is 7.67. The predicted octanol–water partition coefficient (Wildman–Crippen LogP) is 2.68. The summed E-state index contributed by atoms with van der Waals surface area (Å²) in [5.41, 5.74) is 1.61. The molecule has 150 valence electrons. The van der Waals surface area contributed by atoms with Gasteiger partial charge in [-0.25, -0.2) is 4.98 Å². The van der Waals surface area contributed by atoms with E-state index in [1.54, 1.807) is 0 Å². The van der Waals surface area contributed by atoms with Crippen LogP contribution in [0.4, 0.5) is 5.82 Å². The summed E-state index contributed by atoms with van der Waals surface area (Å²) in [5, 5.41) is 3.94. The van der Waals surface area contributed by atoms with E-state index in [0.29, 0.717) is 12.6 Å². The molecule has 0 bridgehead atoms. The molecule has 1 aromatic heterocycles. The van der Waals surface area contributed by atoms with E-state index in [9.17, 15) is 4.79 Å². The summed E-state index contributed by atoms with van der Waals surface area (Å²) in [6.45, 7) is 8.49. The van der Waals surface area contributed by atoms with Gasteiger partial charge in [-0.1, -0.05) is 25.1 Å². The van der Waals surface area contributed by atoms with Crippen molar-refractivity contribution in [1.82, 2.24) is 15.2 Å². The highest BCUT2D eigenvalue weighted by atomic mass is 16.5. The first-order chi connectivity index (χ1) is 13.8. The van der Waals surface area contributed by atoms with E-state index in [-0.39, 0.29) is 5.91 Å². The maximum atomic E-state index is 12.7. The Balaban J connectivity index is 1.53. The van der Waals surface area contributed by atoms with Crippen molar-refractivity contribution < 1.29 is 9.53 Å². The number of piperidine rings is 1. The minimum absolute atomic E-state index is 0.00935. The molecular weight excluding hydrogens is 352 g/mol. The molecule has 0 atom stereocenters. The number of carbonyl (C=O) groups is 1. The van der Waals surface area contributed by atoms with Gasteiger partial charge in [0.2, 0.25) is 0 Å². The number of benzene rings is 1. The van der Waals surface area contributed by atoms with Crippen molar-refractivity contribution in [2.45, 2.75) is 32.2 Å². The number of ether oxygens (including phenoxy) is 1. The van der Waals surface area contributed by atoms with Gasteiger partial charge in [-0.3, -0.25) is 9.69 Å². The van der Waals surface area contributed by atoms with Gasteiger partial charge in [0.15, 0.2) is 0 Å². The van der Waals surface area contributed by atoms with E-state index in [4.69, 9.17) is 9.72 Å². The summed E-state index contributed by atoms with van der Waals surface area (Å²) in [5.74, 6) is 0.908. The molecule has 28 heavy (non-hydrogen) atoms. The largest absolute Gasteiger partial charge is 0.379 e. The number of anilines is 1. The zero-order valence-corrected chi connectivity index (χ0v) is 16.7. The van der Waals surface area contributed by atoms with E-state index in [0.717, 1.165) is 80.9 Å². The number of aromatic nitrogens is 1. The Kier molecular flexibility index (Phi) is 6.07. The summed E-state index contributed by atoms with van der Waals surface area (Å²) < 4.78 is 5.49. The van der Waals surface area contributed by atoms with Gasteiger partial charge in [0.05, 0.1) is 24.3 Å². The number of rotatable bonds is 5. The molecule has 2 fully saturated rings. The van der Waals surface area contributed by atoms with E-state index in [1.807, 2.05) is 30.3 Å². The summed E-state index contributed by atoms with van der Waals surface area (Å²) in [7, 11) is 0. The topological polar surface area (TPSA) is 57.7 Å². The van der Waals surface area contributed by atoms with Crippen LogP contribution in [0.15, 0.2) is 30.3 Å². The molecule has 6 heteroatoms. The lowest BCUT2D eigenvalue weighted by molar-refractivity contribution is 0.0115. The first kappa shape index (κ1) is 19.2. The molecule has 3 heterocycles. The average Bonchev–Trinajstić information content (AvgIpc) is 2.77. The molecule has 2 saturated heterocycles. The van der Waals surface area contributed by atoms with Crippen molar-refractivity contribution in [2.24, 2.45) is 0 Å². The molecule has 2 aliphatic rings. The van der Waals surface area contributed by atoms with Gasteiger partial charge in [-0.05, 0) is 31.4 Å². The highest BCUT2D eigenvalue weighted by Gasteiger charge is 2.27. The van der Waals surface area contributed by atoms with Gasteiger partial charge >= 0.3 is 0 Å². The number of nitrogens with zero attached hydrogens (tertiary/aromatic N) is 3. The van der Waals surface area contributed by atoms with Crippen LogP contribution < -0.4 is 10.2 Å². The van der Waals surface area contributed by atoms with Crippen LogP contribution in [-0.4, -0.2) is 67.8 Å². The number of amides is 1. The highest BCUT2D eigenvalue weighted by Crippen LogP contribution is 2.26. The number of hydrogen-bond acceptors (Lipinski definition) is 5. The van der Waals surface area contributed by atoms with Crippen molar-refractivity contribution in [3.8, 4) is 0 Å². The Morgan fingerprint density at radius 3 is 2.68 bits per heavy atom. The smallest absolute Gasteiger partial charge is 0.252 e. The monoisotopic (exact) mass is 382 g/mol. The van der Waals surface area contributed by atoms with Crippen molar-refractivity contribution in [3.05, 3.63) is 35.9 Å². The van der Waals surface area contributed by atoms with Crippen LogP contribution in [0.3, 0.4) is 0 Å². The van der Waals surface area contributed by atoms with Crippen LogP contribution in [0.2, 0.25) is 0 Å². The van der Waals surface area contributed by atoms with E-state index < -0.39 is 0 Å². The Morgan fingerprint density at radius 2 is 1.93 bits per heavy atom. The Bertz CT molecular complexity index is 811. The summed E-state index contributed by atoms with van der Waals surface area (Å²) in [4.78, 5) is 22.5. The SMILES string of the molecule is CCCNC(=O)c1cc(N2CCC(N3CCOCC3)CC2)nc2ccccc12. The molecule has 1 N–H and O–H groups in total. The fraction of sp³-hybridized carbons (Fsp3) is 0.545. The van der Waals surface area contributed by atoms with Crippen LogP contribution in [0.5, 0.6) is 0 Å². The molecule has 1 aromatic carbocycles. The van der Waals surface area contributed by atoms with Gasteiger partial charge in [0.1, 0.15) is 5.82 Å². The molecule has 4 rings (SSSR count). The molecule has 0 radical (unpaired) electrons. The third kappa shape index (κ3) is 4.13.